The number of nitro groups is 1. The number of hydrogen-bond donors (Lipinski definition) is 0. The van der Waals surface area contributed by atoms with Crippen LogP contribution in [-0.2, 0) is 22.3 Å². The third-order valence-corrected chi connectivity index (χ3v) is 5.19. The predicted molar refractivity (Wildman–Crippen MR) is 102 cm³/mol. The Bertz CT molecular complexity index is 988. The van der Waals surface area contributed by atoms with E-state index in [4.69, 9.17) is 9.47 Å². The lowest BCUT2D eigenvalue weighted by Crippen LogP contribution is -2.50. The zero-order valence-electron chi connectivity index (χ0n) is 16.7. The summed E-state index contributed by atoms with van der Waals surface area (Å²) in [6.07, 6.45) is -2.85. The highest BCUT2D eigenvalue weighted by atomic mass is 19.4. The second-order valence-electron chi connectivity index (χ2n) is 7.31. The number of nitrogens with zero attached hydrogens (tertiary/aromatic N) is 6. The molecule has 0 bridgehead atoms. The highest BCUT2D eigenvalue weighted by molar-refractivity contribution is 5.77. The van der Waals surface area contributed by atoms with Gasteiger partial charge in [-0.25, -0.2) is 4.98 Å². The lowest BCUT2D eigenvalue weighted by molar-refractivity contribution is -0.389. The van der Waals surface area contributed by atoms with Gasteiger partial charge in [-0.3, -0.25) is 9.36 Å². The maximum absolute atomic E-state index is 12.7. The minimum Gasteiger partial charge on any atom is -0.443 e. The number of aromatic nitrogens is 3. The average Bonchev–Trinajstić information content (AvgIpc) is 3.21. The highest BCUT2D eigenvalue weighted by Gasteiger charge is 2.32. The van der Waals surface area contributed by atoms with E-state index in [1.807, 2.05) is 4.90 Å². The number of rotatable bonds is 5. The van der Waals surface area contributed by atoms with Crippen LogP contribution in [0.15, 0.2) is 24.5 Å². The molecule has 1 atom stereocenters. The van der Waals surface area contributed by atoms with Gasteiger partial charge in [0.15, 0.2) is 0 Å². The fourth-order valence-electron chi connectivity index (χ4n) is 3.47. The molecule has 11 nitrogen and oxygen atoms in total. The third kappa shape index (κ3) is 4.74. The van der Waals surface area contributed by atoms with Gasteiger partial charge in [0, 0.05) is 37.4 Å². The molecule has 4 heterocycles. The number of amides is 1. The molecule has 0 aromatic carbocycles. The van der Waals surface area contributed by atoms with E-state index in [9.17, 15) is 28.1 Å². The van der Waals surface area contributed by atoms with E-state index in [1.165, 1.54) is 16.8 Å². The summed E-state index contributed by atoms with van der Waals surface area (Å²) >= 11 is 0. The Balaban J connectivity index is 1.24. The van der Waals surface area contributed by atoms with Gasteiger partial charge in [0.05, 0.1) is 12.1 Å². The molecule has 0 spiro atoms. The third-order valence-electron chi connectivity index (χ3n) is 5.19. The van der Waals surface area contributed by atoms with Crippen molar-refractivity contribution in [1.82, 2.24) is 19.4 Å². The molecule has 0 aliphatic carbocycles. The van der Waals surface area contributed by atoms with E-state index >= 15 is 0 Å². The summed E-state index contributed by atoms with van der Waals surface area (Å²) in [6.45, 7) is 1.83. The van der Waals surface area contributed by atoms with Crippen LogP contribution < -0.4 is 9.64 Å². The molecule has 1 fully saturated rings. The summed E-state index contributed by atoms with van der Waals surface area (Å²) in [5.74, 6) is -0.129. The number of imidazole rings is 1. The first-order chi connectivity index (χ1) is 15.2. The molecule has 1 amide bonds. The molecule has 4 rings (SSSR count). The second kappa shape index (κ2) is 8.61. The molecule has 2 aliphatic rings. The monoisotopic (exact) mass is 456 g/mol. The van der Waals surface area contributed by atoms with Gasteiger partial charge in [-0.05, 0) is 17.1 Å². The summed E-state index contributed by atoms with van der Waals surface area (Å²) in [7, 11) is 0. The van der Waals surface area contributed by atoms with Crippen molar-refractivity contribution in [1.29, 1.82) is 0 Å². The molecule has 172 valence electrons. The van der Waals surface area contributed by atoms with Crippen molar-refractivity contribution >= 4 is 17.5 Å². The number of hydrogen-bond acceptors (Lipinski definition) is 8. The summed E-state index contributed by atoms with van der Waals surface area (Å²) in [5.41, 5.74) is -0.809. The quantitative estimate of drug-likeness (QED) is 0.489. The lowest BCUT2D eigenvalue weighted by Gasteiger charge is -2.35. The molecule has 2 aromatic heterocycles. The van der Waals surface area contributed by atoms with Crippen molar-refractivity contribution in [3.63, 3.8) is 0 Å². The van der Waals surface area contributed by atoms with Crippen LogP contribution in [0, 0.1) is 10.1 Å². The molecule has 0 N–H and O–H groups in total. The minimum atomic E-state index is -4.44. The molecular weight excluding hydrogens is 437 g/mol. The van der Waals surface area contributed by atoms with Crippen LogP contribution >= 0.6 is 0 Å². The van der Waals surface area contributed by atoms with Gasteiger partial charge in [0.1, 0.15) is 31.3 Å². The maximum atomic E-state index is 12.7. The number of alkyl halides is 3. The van der Waals surface area contributed by atoms with Gasteiger partial charge in [-0.15, -0.1) is 0 Å². The van der Waals surface area contributed by atoms with Crippen LogP contribution in [0.1, 0.15) is 5.56 Å². The number of halogens is 3. The summed E-state index contributed by atoms with van der Waals surface area (Å²) in [5, 5.41) is 10.8. The smallest absolute Gasteiger partial charge is 0.417 e. The van der Waals surface area contributed by atoms with Gasteiger partial charge in [-0.2, -0.15) is 13.2 Å². The topological polar surface area (TPSA) is 116 Å². The summed E-state index contributed by atoms with van der Waals surface area (Å²) < 4.78 is 50.4. The number of carbonyl (C=O) groups is 1. The van der Waals surface area contributed by atoms with E-state index in [2.05, 4.69) is 9.97 Å². The van der Waals surface area contributed by atoms with Gasteiger partial charge in [0.25, 0.3) is 0 Å². The second-order valence-corrected chi connectivity index (χ2v) is 7.31. The van der Waals surface area contributed by atoms with E-state index in [1.54, 1.807) is 4.90 Å². The molecule has 2 aromatic rings. The number of fused-ring (bicyclic) bond motifs is 1. The van der Waals surface area contributed by atoms with Crippen LogP contribution in [0.3, 0.4) is 0 Å². The molecule has 32 heavy (non-hydrogen) atoms. The van der Waals surface area contributed by atoms with Gasteiger partial charge in [0.2, 0.25) is 5.91 Å². The number of pyridine rings is 1. The molecule has 0 saturated carbocycles. The van der Waals surface area contributed by atoms with Gasteiger partial charge >= 0.3 is 18.0 Å². The maximum Gasteiger partial charge on any atom is 0.417 e. The Morgan fingerprint density at radius 2 is 2.03 bits per heavy atom. The summed E-state index contributed by atoms with van der Waals surface area (Å²) in [4.78, 5) is 33.7. The zero-order chi connectivity index (χ0) is 22.9. The van der Waals surface area contributed by atoms with Crippen molar-refractivity contribution in [2.45, 2.75) is 18.8 Å². The summed E-state index contributed by atoms with van der Waals surface area (Å²) in [6, 6.07) is 2.44. The van der Waals surface area contributed by atoms with Crippen molar-refractivity contribution in [3.05, 3.63) is 40.2 Å². The van der Waals surface area contributed by atoms with Crippen molar-refractivity contribution < 1.29 is 32.4 Å². The predicted octanol–water partition coefficient (Wildman–Crippen LogP) is 1.33. The van der Waals surface area contributed by atoms with E-state index in [-0.39, 0.29) is 37.5 Å². The number of carbonyl (C=O) groups excluding carboxylic acids is 1. The highest BCUT2D eigenvalue weighted by Crippen LogP contribution is 2.29. The standard InChI is InChI=1S/C18H19F3N6O5/c19-18(20,21)12-1-2-14(22-7-12)24-3-5-25(6-4-24)16(28)11-31-13-8-26-9-15(27(29)30)23-17(26)32-10-13/h1-2,7,9,13H,3-6,8,10-11H2/t13-/m0/s1. The fraction of sp³-hybridized carbons (Fsp3) is 0.500. The number of ether oxygens (including phenoxy) is 2. The van der Waals surface area contributed by atoms with Crippen molar-refractivity contribution in [2.75, 3.05) is 44.3 Å². The Labute approximate surface area is 179 Å². The fourth-order valence-corrected chi connectivity index (χ4v) is 3.47. The van der Waals surface area contributed by atoms with Crippen LogP contribution in [0.25, 0.3) is 0 Å². The molecule has 0 radical (unpaired) electrons. The van der Waals surface area contributed by atoms with Crippen LogP contribution in [0.4, 0.5) is 24.8 Å². The average molecular weight is 456 g/mol. The first kappa shape index (κ1) is 21.8. The Morgan fingerprint density at radius 3 is 2.66 bits per heavy atom. The molecule has 2 aliphatic heterocycles. The van der Waals surface area contributed by atoms with Gasteiger partial charge in [-0.1, -0.05) is 0 Å². The van der Waals surface area contributed by atoms with Crippen LogP contribution in [0.2, 0.25) is 0 Å². The SMILES string of the molecule is O=C(CO[C@@H]1COc2nc([N+](=O)[O-])cn2C1)N1CCN(c2ccc(C(F)(F)F)cn2)CC1. The molecule has 1 saturated heterocycles. The number of piperazine rings is 1. The Morgan fingerprint density at radius 1 is 1.28 bits per heavy atom. The first-order valence-electron chi connectivity index (χ1n) is 9.72. The zero-order valence-corrected chi connectivity index (χ0v) is 16.7. The van der Waals surface area contributed by atoms with Crippen molar-refractivity contribution in [2.24, 2.45) is 0 Å². The van der Waals surface area contributed by atoms with Crippen molar-refractivity contribution in [3.8, 4) is 6.01 Å². The molecule has 14 heteroatoms. The molecular formula is C18H19F3N6O5. The van der Waals surface area contributed by atoms with E-state index in [0.29, 0.717) is 32.0 Å². The molecule has 0 unspecified atom stereocenters. The Kier molecular flexibility index (Phi) is 5.86. The van der Waals surface area contributed by atoms with E-state index < -0.39 is 22.8 Å². The first-order valence-corrected chi connectivity index (χ1v) is 9.72. The van der Waals surface area contributed by atoms with E-state index in [0.717, 1.165) is 12.3 Å². The Hall–Kier alpha value is -3.42. The van der Waals surface area contributed by atoms with Crippen LogP contribution in [0.5, 0.6) is 6.01 Å². The largest absolute Gasteiger partial charge is 0.443 e. The van der Waals surface area contributed by atoms with Gasteiger partial charge < -0.3 is 29.4 Å². The lowest BCUT2D eigenvalue weighted by atomic mass is 10.2. The minimum absolute atomic E-state index is 0.120. The van der Waals surface area contributed by atoms with Crippen LogP contribution in [-0.4, -0.2) is 75.8 Å². The number of anilines is 1. The normalized spacial score (nSPS) is 18.8.